The molecule has 0 amide bonds. The van der Waals surface area contributed by atoms with Gasteiger partial charge in [-0.15, -0.1) is 0 Å². The van der Waals surface area contributed by atoms with E-state index < -0.39 is 5.97 Å². The first-order valence-electron chi connectivity index (χ1n) is 4.77. The zero-order valence-corrected chi connectivity index (χ0v) is 8.75. The molecule has 1 aromatic carbocycles. The summed E-state index contributed by atoms with van der Waals surface area (Å²) < 4.78 is 6.97. The quantitative estimate of drug-likeness (QED) is 0.857. The van der Waals surface area contributed by atoms with Crippen LogP contribution >= 0.6 is 0 Å². The number of carbonyl (C=O) groups is 1. The number of ether oxygens (including phenoxy) is 1. The predicted octanol–water partition coefficient (Wildman–Crippen LogP) is 2.18. The van der Waals surface area contributed by atoms with Crippen molar-refractivity contribution in [3.05, 3.63) is 48.3 Å². The molecule has 2 aromatic rings. The van der Waals surface area contributed by atoms with Crippen LogP contribution in [0.3, 0.4) is 0 Å². The Morgan fingerprint density at radius 1 is 1.25 bits per heavy atom. The maximum Gasteiger partial charge on any atom is 0.339 e. The van der Waals surface area contributed by atoms with Gasteiger partial charge in [0.05, 0.1) is 12.8 Å². The maximum atomic E-state index is 11.0. The number of aromatic carboxylic acids is 1. The molecule has 4 heteroatoms. The van der Waals surface area contributed by atoms with Crippen molar-refractivity contribution in [2.45, 2.75) is 0 Å². The largest absolute Gasteiger partial charge is 0.494 e. The molecule has 0 fully saturated rings. The number of hydrogen-bond acceptors (Lipinski definition) is 2. The molecule has 0 spiro atoms. The fourth-order valence-electron chi connectivity index (χ4n) is 1.61. The van der Waals surface area contributed by atoms with Gasteiger partial charge in [-0.25, -0.2) is 4.79 Å². The fourth-order valence-corrected chi connectivity index (χ4v) is 1.61. The number of benzene rings is 1. The Balaban J connectivity index is 2.62. The van der Waals surface area contributed by atoms with Gasteiger partial charge in [0.15, 0.2) is 5.75 Å². The standard InChI is InChI=1S/C12H11NO3/c1-16-11-9(12(14)15)5-4-6-10(11)13-7-2-3-8-13/h2-8H,1H3,(H,14,15). The highest BCUT2D eigenvalue weighted by molar-refractivity contribution is 5.92. The van der Waals surface area contributed by atoms with Crippen molar-refractivity contribution in [2.24, 2.45) is 0 Å². The van der Waals surface area contributed by atoms with Gasteiger partial charge >= 0.3 is 5.97 Å². The van der Waals surface area contributed by atoms with E-state index in [1.54, 1.807) is 6.07 Å². The molecule has 0 saturated carbocycles. The van der Waals surface area contributed by atoms with Crippen molar-refractivity contribution >= 4 is 5.97 Å². The summed E-state index contributed by atoms with van der Waals surface area (Å²) in [5, 5.41) is 9.03. The van der Waals surface area contributed by atoms with E-state index in [0.29, 0.717) is 11.4 Å². The Bertz CT molecular complexity index is 503. The molecule has 1 heterocycles. The van der Waals surface area contributed by atoms with Gasteiger partial charge in [-0.1, -0.05) is 6.07 Å². The molecule has 0 radical (unpaired) electrons. The normalized spacial score (nSPS) is 10.1. The lowest BCUT2D eigenvalue weighted by atomic mass is 10.1. The number of carboxylic acid groups (broad SMARTS) is 1. The first-order chi connectivity index (χ1) is 7.74. The number of rotatable bonds is 3. The third-order valence-electron chi connectivity index (χ3n) is 2.31. The molecule has 82 valence electrons. The first-order valence-corrected chi connectivity index (χ1v) is 4.77. The summed E-state index contributed by atoms with van der Waals surface area (Å²) >= 11 is 0. The van der Waals surface area contributed by atoms with E-state index >= 15 is 0 Å². The van der Waals surface area contributed by atoms with Gasteiger partial charge in [-0.05, 0) is 24.3 Å². The van der Waals surface area contributed by atoms with Crippen LogP contribution in [0.25, 0.3) is 5.69 Å². The van der Waals surface area contributed by atoms with Gasteiger partial charge in [-0.2, -0.15) is 0 Å². The molecule has 0 saturated heterocycles. The number of carboxylic acids is 1. The van der Waals surface area contributed by atoms with Crippen molar-refractivity contribution in [3.8, 4) is 11.4 Å². The number of methoxy groups -OCH3 is 1. The number of para-hydroxylation sites is 1. The van der Waals surface area contributed by atoms with E-state index in [1.165, 1.54) is 13.2 Å². The second kappa shape index (κ2) is 4.10. The van der Waals surface area contributed by atoms with Crippen molar-refractivity contribution in [2.75, 3.05) is 7.11 Å². The summed E-state index contributed by atoms with van der Waals surface area (Å²) in [6.07, 6.45) is 3.67. The van der Waals surface area contributed by atoms with Gasteiger partial charge in [0.25, 0.3) is 0 Å². The lowest BCUT2D eigenvalue weighted by molar-refractivity contribution is 0.0693. The highest BCUT2D eigenvalue weighted by Crippen LogP contribution is 2.27. The first kappa shape index (κ1) is 10.3. The van der Waals surface area contributed by atoms with Gasteiger partial charge in [-0.3, -0.25) is 0 Å². The molecule has 0 unspecified atom stereocenters. The van der Waals surface area contributed by atoms with Crippen molar-refractivity contribution in [3.63, 3.8) is 0 Å². The summed E-state index contributed by atoms with van der Waals surface area (Å²) in [5.41, 5.74) is 0.876. The molecule has 0 bridgehead atoms. The Morgan fingerprint density at radius 3 is 2.50 bits per heavy atom. The van der Waals surface area contributed by atoms with E-state index in [4.69, 9.17) is 9.84 Å². The molecular weight excluding hydrogens is 206 g/mol. The summed E-state index contributed by atoms with van der Waals surface area (Å²) in [4.78, 5) is 11.0. The van der Waals surface area contributed by atoms with E-state index in [0.717, 1.165) is 0 Å². The third kappa shape index (κ3) is 1.65. The van der Waals surface area contributed by atoms with Crippen LogP contribution in [0.2, 0.25) is 0 Å². The van der Waals surface area contributed by atoms with Gasteiger partial charge in [0.1, 0.15) is 5.56 Å². The Hall–Kier alpha value is -2.23. The van der Waals surface area contributed by atoms with Crippen LogP contribution < -0.4 is 4.74 Å². The Morgan fingerprint density at radius 2 is 1.94 bits per heavy atom. The molecule has 1 aromatic heterocycles. The van der Waals surface area contributed by atoms with E-state index in [2.05, 4.69) is 0 Å². The van der Waals surface area contributed by atoms with Crippen LogP contribution in [-0.2, 0) is 0 Å². The van der Waals surface area contributed by atoms with Gasteiger partial charge in [0.2, 0.25) is 0 Å². The Labute approximate surface area is 92.7 Å². The zero-order valence-electron chi connectivity index (χ0n) is 8.75. The van der Waals surface area contributed by atoms with Crippen LogP contribution in [0.4, 0.5) is 0 Å². The predicted molar refractivity (Wildman–Crippen MR) is 59.3 cm³/mol. The topological polar surface area (TPSA) is 51.5 Å². The van der Waals surface area contributed by atoms with E-state index in [1.807, 2.05) is 35.2 Å². The van der Waals surface area contributed by atoms with E-state index in [9.17, 15) is 4.79 Å². The molecule has 2 rings (SSSR count). The third-order valence-corrected chi connectivity index (χ3v) is 2.31. The van der Waals surface area contributed by atoms with Crippen LogP contribution in [0.5, 0.6) is 5.75 Å². The molecule has 1 N–H and O–H groups in total. The zero-order chi connectivity index (χ0) is 11.5. The molecule has 4 nitrogen and oxygen atoms in total. The van der Waals surface area contributed by atoms with Crippen molar-refractivity contribution in [1.29, 1.82) is 0 Å². The van der Waals surface area contributed by atoms with Crippen LogP contribution in [-0.4, -0.2) is 22.8 Å². The SMILES string of the molecule is COc1c(C(=O)O)cccc1-n1cccc1. The van der Waals surface area contributed by atoms with Crippen LogP contribution in [0.1, 0.15) is 10.4 Å². The van der Waals surface area contributed by atoms with Crippen molar-refractivity contribution in [1.82, 2.24) is 4.57 Å². The van der Waals surface area contributed by atoms with E-state index in [-0.39, 0.29) is 5.56 Å². The minimum absolute atomic E-state index is 0.161. The fraction of sp³-hybridized carbons (Fsp3) is 0.0833. The van der Waals surface area contributed by atoms with Crippen LogP contribution in [0, 0.1) is 0 Å². The summed E-state index contributed by atoms with van der Waals surface area (Å²) in [6, 6.07) is 8.76. The van der Waals surface area contributed by atoms with Crippen LogP contribution in [0.15, 0.2) is 42.7 Å². The Kier molecular flexibility index (Phi) is 2.64. The number of nitrogens with zero attached hydrogens (tertiary/aromatic N) is 1. The minimum atomic E-state index is -0.995. The second-order valence-electron chi connectivity index (χ2n) is 3.25. The number of aromatic nitrogens is 1. The second-order valence-corrected chi connectivity index (χ2v) is 3.25. The molecule has 16 heavy (non-hydrogen) atoms. The molecule has 0 aliphatic heterocycles. The molecular formula is C12H11NO3. The highest BCUT2D eigenvalue weighted by atomic mass is 16.5. The highest BCUT2D eigenvalue weighted by Gasteiger charge is 2.14. The minimum Gasteiger partial charge on any atom is -0.494 e. The average Bonchev–Trinajstić information content (AvgIpc) is 2.81. The average molecular weight is 217 g/mol. The number of hydrogen-bond donors (Lipinski definition) is 1. The summed E-state index contributed by atoms with van der Waals surface area (Å²) in [7, 11) is 1.47. The maximum absolute atomic E-state index is 11.0. The summed E-state index contributed by atoms with van der Waals surface area (Å²) in [6.45, 7) is 0. The molecule has 0 aliphatic carbocycles. The smallest absolute Gasteiger partial charge is 0.339 e. The van der Waals surface area contributed by atoms with Gasteiger partial charge < -0.3 is 14.4 Å². The summed E-state index contributed by atoms with van der Waals surface area (Å²) in [5.74, 6) is -0.628. The van der Waals surface area contributed by atoms with Gasteiger partial charge in [0, 0.05) is 12.4 Å². The molecule has 0 aliphatic rings. The molecule has 0 atom stereocenters. The van der Waals surface area contributed by atoms with Crippen molar-refractivity contribution < 1.29 is 14.6 Å². The lowest BCUT2D eigenvalue weighted by Crippen LogP contribution is -2.04. The monoisotopic (exact) mass is 217 g/mol. The lowest BCUT2D eigenvalue weighted by Gasteiger charge is -2.11.